The fourth-order valence-electron chi connectivity index (χ4n) is 1.73. The van der Waals surface area contributed by atoms with Crippen molar-refractivity contribution in [1.29, 1.82) is 5.41 Å². The molecule has 2 rings (SSSR count). The van der Waals surface area contributed by atoms with Crippen molar-refractivity contribution in [2.24, 2.45) is 5.73 Å². The molecule has 0 amide bonds. The minimum absolute atomic E-state index is 0.142. The Bertz CT molecular complexity index is 631. The van der Waals surface area contributed by atoms with E-state index in [1.54, 1.807) is 12.1 Å². The fourth-order valence-corrected chi connectivity index (χ4v) is 1.73. The van der Waals surface area contributed by atoms with E-state index in [2.05, 4.69) is 15.3 Å². The van der Waals surface area contributed by atoms with E-state index in [4.69, 9.17) is 11.1 Å². The maximum atomic E-state index is 11.3. The molecule has 1 aromatic heterocycles. The molecule has 17 heavy (non-hydrogen) atoms. The van der Waals surface area contributed by atoms with Gasteiger partial charge in [-0.1, -0.05) is 6.92 Å². The Morgan fingerprint density at radius 1 is 1.59 bits per heavy atom. The van der Waals surface area contributed by atoms with Crippen LogP contribution in [0.5, 0.6) is 0 Å². The zero-order valence-corrected chi connectivity index (χ0v) is 9.37. The minimum atomic E-state index is -0.366. The van der Waals surface area contributed by atoms with Crippen molar-refractivity contribution in [3.05, 3.63) is 34.4 Å². The summed E-state index contributed by atoms with van der Waals surface area (Å²) in [6.45, 7) is 1.95. The molecule has 0 bridgehead atoms. The molecule has 0 saturated heterocycles. The van der Waals surface area contributed by atoms with Crippen LogP contribution in [0.1, 0.15) is 12.6 Å². The Hall–Kier alpha value is -2.37. The van der Waals surface area contributed by atoms with Crippen molar-refractivity contribution in [1.82, 2.24) is 9.97 Å². The number of nitrogens with one attached hydrogen (secondary N) is 3. The molecular weight excluding hydrogens is 218 g/mol. The summed E-state index contributed by atoms with van der Waals surface area (Å²) in [5.41, 5.74) is 6.99. The lowest BCUT2D eigenvalue weighted by Crippen LogP contribution is -2.20. The van der Waals surface area contributed by atoms with E-state index in [0.717, 1.165) is 11.1 Å². The lowest BCUT2D eigenvalue weighted by Gasteiger charge is -2.07. The highest BCUT2D eigenvalue weighted by Gasteiger charge is 2.04. The lowest BCUT2D eigenvalue weighted by atomic mass is 10.1. The second-order valence-electron chi connectivity index (χ2n) is 3.64. The van der Waals surface area contributed by atoms with Crippen LogP contribution >= 0.6 is 0 Å². The minimum Gasteiger partial charge on any atom is -0.370 e. The highest BCUT2D eigenvalue weighted by atomic mass is 16.1. The summed E-state index contributed by atoms with van der Waals surface area (Å²) in [4.78, 5) is 17.9. The van der Waals surface area contributed by atoms with Gasteiger partial charge in [-0.2, -0.15) is 4.98 Å². The second kappa shape index (κ2) is 4.25. The summed E-state index contributed by atoms with van der Waals surface area (Å²) in [7, 11) is 0. The molecule has 1 aromatic carbocycles. The number of guanidine groups is 1. The number of aromatic nitrogens is 2. The Morgan fingerprint density at radius 2 is 2.35 bits per heavy atom. The van der Waals surface area contributed by atoms with Gasteiger partial charge in [-0.3, -0.25) is 5.41 Å². The van der Waals surface area contributed by atoms with Crippen LogP contribution in [0.3, 0.4) is 0 Å². The molecule has 0 radical (unpaired) electrons. The molecular formula is C11H13N5O. The van der Waals surface area contributed by atoms with Gasteiger partial charge in [-0.25, -0.2) is 4.79 Å². The molecule has 6 nitrogen and oxygen atoms in total. The Kier molecular flexibility index (Phi) is 2.78. The molecule has 0 fully saturated rings. The van der Waals surface area contributed by atoms with Crippen LogP contribution in [0, 0.1) is 5.41 Å². The van der Waals surface area contributed by atoms with E-state index in [0.29, 0.717) is 17.6 Å². The van der Waals surface area contributed by atoms with Crippen LogP contribution in [0.4, 0.5) is 5.69 Å². The Morgan fingerprint density at radius 3 is 3.00 bits per heavy atom. The van der Waals surface area contributed by atoms with E-state index in [-0.39, 0.29) is 11.6 Å². The van der Waals surface area contributed by atoms with Crippen molar-refractivity contribution in [2.75, 3.05) is 5.32 Å². The van der Waals surface area contributed by atoms with E-state index >= 15 is 0 Å². The standard InChI is InChI=1S/C11H13N5O/c1-2-8-7-4-3-6(14-10(12)13)5-9(7)16-11(17)15-8/h3-5H,2H2,1H3,(H4,12,13,14)(H,15,16,17). The topological polar surface area (TPSA) is 108 Å². The maximum Gasteiger partial charge on any atom is 0.345 e. The molecule has 0 aliphatic carbocycles. The summed E-state index contributed by atoms with van der Waals surface area (Å²) in [5.74, 6) is -0.142. The average molecular weight is 231 g/mol. The van der Waals surface area contributed by atoms with Crippen molar-refractivity contribution in [3.63, 3.8) is 0 Å². The number of nitrogens with zero attached hydrogens (tertiary/aromatic N) is 1. The number of aryl methyl sites for hydroxylation is 1. The predicted molar refractivity (Wildman–Crippen MR) is 67.3 cm³/mol. The molecule has 0 saturated carbocycles. The third-order valence-corrected chi connectivity index (χ3v) is 2.42. The SMILES string of the molecule is CCc1nc(=O)[nH]c2cc(NC(=N)N)ccc12. The van der Waals surface area contributed by atoms with Crippen LogP contribution < -0.4 is 16.7 Å². The molecule has 6 heteroatoms. The fraction of sp³-hybridized carbons (Fsp3) is 0.182. The number of benzene rings is 1. The third-order valence-electron chi connectivity index (χ3n) is 2.42. The van der Waals surface area contributed by atoms with Gasteiger partial charge in [0.2, 0.25) is 0 Å². The number of hydrogen-bond acceptors (Lipinski definition) is 3. The highest BCUT2D eigenvalue weighted by molar-refractivity contribution is 5.93. The Balaban J connectivity index is 2.61. The van der Waals surface area contributed by atoms with Crippen molar-refractivity contribution in [2.45, 2.75) is 13.3 Å². The van der Waals surface area contributed by atoms with Gasteiger partial charge in [0, 0.05) is 11.1 Å². The normalized spacial score (nSPS) is 10.4. The molecule has 0 aliphatic rings. The number of fused-ring (bicyclic) bond motifs is 1. The largest absolute Gasteiger partial charge is 0.370 e. The number of H-pyrrole nitrogens is 1. The molecule has 1 heterocycles. The maximum absolute atomic E-state index is 11.3. The molecule has 5 N–H and O–H groups in total. The summed E-state index contributed by atoms with van der Waals surface area (Å²) in [6, 6.07) is 5.38. The van der Waals surface area contributed by atoms with E-state index in [9.17, 15) is 4.79 Å². The monoisotopic (exact) mass is 231 g/mol. The first-order valence-corrected chi connectivity index (χ1v) is 5.24. The van der Waals surface area contributed by atoms with Gasteiger partial charge in [0.25, 0.3) is 0 Å². The number of anilines is 1. The first-order valence-electron chi connectivity index (χ1n) is 5.24. The number of nitrogens with two attached hydrogens (primary N) is 1. The van der Waals surface area contributed by atoms with Crippen LogP contribution in [-0.2, 0) is 6.42 Å². The van der Waals surface area contributed by atoms with Crippen LogP contribution in [0.2, 0.25) is 0 Å². The molecule has 0 atom stereocenters. The van der Waals surface area contributed by atoms with Gasteiger partial charge < -0.3 is 16.0 Å². The first-order chi connectivity index (χ1) is 8.10. The lowest BCUT2D eigenvalue weighted by molar-refractivity contribution is 0.990. The van der Waals surface area contributed by atoms with E-state index in [1.165, 1.54) is 0 Å². The summed E-state index contributed by atoms with van der Waals surface area (Å²) in [6.07, 6.45) is 0.694. The molecule has 2 aromatic rings. The van der Waals surface area contributed by atoms with Gasteiger partial charge >= 0.3 is 5.69 Å². The first kappa shape index (κ1) is 11.1. The predicted octanol–water partition coefficient (Wildman–Crippen LogP) is 0.791. The summed E-state index contributed by atoms with van der Waals surface area (Å²) < 4.78 is 0. The third kappa shape index (κ3) is 2.25. The number of hydrogen-bond donors (Lipinski definition) is 4. The van der Waals surface area contributed by atoms with E-state index < -0.39 is 0 Å². The smallest absolute Gasteiger partial charge is 0.345 e. The molecule has 88 valence electrons. The molecule has 0 unspecified atom stereocenters. The average Bonchev–Trinajstić information content (AvgIpc) is 2.26. The van der Waals surface area contributed by atoms with Crippen molar-refractivity contribution in [3.8, 4) is 0 Å². The highest BCUT2D eigenvalue weighted by Crippen LogP contribution is 2.18. The van der Waals surface area contributed by atoms with Crippen LogP contribution in [0.15, 0.2) is 23.0 Å². The van der Waals surface area contributed by atoms with Crippen LogP contribution in [0.25, 0.3) is 10.9 Å². The van der Waals surface area contributed by atoms with Crippen molar-refractivity contribution >= 4 is 22.5 Å². The quantitative estimate of drug-likeness (QED) is 0.452. The second-order valence-corrected chi connectivity index (χ2v) is 3.64. The van der Waals surface area contributed by atoms with Crippen LogP contribution in [-0.4, -0.2) is 15.9 Å². The zero-order valence-electron chi connectivity index (χ0n) is 9.37. The number of aromatic amines is 1. The van der Waals surface area contributed by atoms with E-state index in [1.807, 2.05) is 13.0 Å². The summed E-state index contributed by atoms with van der Waals surface area (Å²) in [5, 5.41) is 10.7. The Labute approximate surface area is 97.4 Å². The summed E-state index contributed by atoms with van der Waals surface area (Å²) >= 11 is 0. The van der Waals surface area contributed by atoms with Gasteiger partial charge in [0.1, 0.15) is 0 Å². The number of rotatable bonds is 2. The molecule has 0 aliphatic heterocycles. The molecule has 0 spiro atoms. The van der Waals surface area contributed by atoms with Gasteiger partial charge in [-0.05, 0) is 24.6 Å². The van der Waals surface area contributed by atoms with Gasteiger partial charge in [0.15, 0.2) is 5.96 Å². The van der Waals surface area contributed by atoms with Gasteiger partial charge in [0.05, 0.1) is 11.2 Å². The zero-order chi connectivity index (χ0) is 12.4. The van der Waals surface area contributed by atoms with Gasteiger partial charge in [-0.15, -0.1) is 0 Å². The van der Waals surface area contributed by atoms with Crippen molar-refractivity contribution < 1.29 is 0 Å².